The minimum atomic E-state index is -0.547. The first-order valence-electron chi connectivity index (χ1n) is 7.63. The van der Waals surface area contributed by atoms with Crippen molar-refractivity contribution < 1.29 is 9.53 Å². The Balaban J connectivity index is 1.97. The van der Waals surface area contributed by atoms with E-state index in [0.717, 1.165) is 17.7 Å². The zero-order chi connectivity index (χ0) is 16.1. The van der Waals surface area contributed by atoms with Gasteiger partial charge in [-0.1, -0.05) is 25.1 Å². The van der Waals surface area contributed by atoms with Crippen LogP contribution in [-0.4, -0.2) is 12.0 Å². The first-order chi connectivity index (χ1) is 10.5. The van der Waals surface area contributed by atoms with E-state index >= 15 is 0 Å². The third-order valence-electron chi connectivity index (χ3n) is 3.79. The number of benzene rings is 2. The van der Waals surface area contributed by atoms with Crippen molar-refractivity contribution in [2.24, 2.45) is 0 Å². The van der Waals surface area contributed by atoms with Gasteiger partial charge in [0.1, 0.15) is 5.75 Å². The van der Waals surface area contributed by atoms with Crippen molar-refractivity contribution in [3.63, 3.8) is 0 Å². The maximum absolute atomic E-state index is 12.2. The summed E-state index contributed by atoms with van der Waals surface area (Å²) in [5.74, 6) is 0.558. The minimum Gasteiger partial charge on any atom is -0.481 e. The van der Waals surface area contributed by atoms with Crippen molar-refractivity contribution in [3.8, 4) is 5.75 Å². The molecule has 116 valence electrons. The lowest BCUT2D eigenvalue weighted by atomic mass is 10.1. The minimum absolute atomic E-state index is 0.150. The molecule has 1 atom stereocenters. The number of nitrogens with one attached hydrogen (secondary N) is 1. The fourth-order valence-corrected chi connectivity index (χ4v) is 2.12. The second kappa shape index (κ2) is 7.12. The second-order valence-corrected chi connectivity index (χ2v) is 5.55. The smallest absolute Gasteiger partial charge is 0.265 e. The van der Waals surface area contributed by atoms with Gasteiger partial charge in [0.2, 0.25) is 0 Å². The zero-order valence-corrected chi connectivity index (χ0v) is 13.6. The monoisotopic (exact) mass is 297 g/mol. The van der Waals surface area contributed by atoms with Crippen molar-refractivity contribution in [1.82, 2.24) is 0 Å². The first-order valence-corrected chi connectivity index (χ1v) is 7.63. The largest absolute Gasteiger partial charge is 0.481 e. The summed E-state index contributed by atoms with van der Waals surface area (Å²) in [4.78, 5) is 12.2. The highest BCUT2D eigenvalue weighted by molar-refractivity contribution is 5.94. The molecule has 3 heteroatoms. The van der Waals surface area contributed by atoms with Crippen LogP contribution in [0.2, 0.25) is 0 Å². The fraction of sp³-hybridized carbons (Fsp3) is 0.316. The predicted molar refractivity (Wildman–Crippen MR) is 90.5 cm³/mol. The average Bonchev–Trinajstić information content (AvgIpc) is 2.51. The molecule has 0 heterocycles. The van der Waals surface area contributed by atoms with Crippen LogP contribution < -0.4 is 10.1 Å². The van der Waals surface area contributed by atoms with Gasteiger partial charge in [-0.15, -0.1) is 0 Å². The highest BCUT2D eigenvalue weighted by Gasteiger charge is 2.15. The summed E-state index contributed by atoms with van der Waals surface area (Å²) >= 11 is 0. The summed E-state index contributed by atoms with van der Waals surface area (Å²) in [5, 5.41) is 2.89. The molecule has 0 spiro atoms. The van der Waals surface area contributed by atoms with E-state index in [1.807, 2.05) is 56.3 Å². The van der Waals surface area contributed by atoms with Gasteiger partial charge in [0.15, 0.2) is 6.10 Å². The van der Waals surface area contributed by atoms with Gasteiger partial charge in [-0.2, -0.15) is 0 Å². The summed E-state index contributed by atoms with van der Waals surface area (Å²) in [6, 6.07) is 13.7. The number of aryl methyl sites for hydroxylation is 3. The Morgan fingerprint density at radius 3 is 2.36 bits per heavy atom. The molecule has 0 fully saturated rings. The number of carbonyl (C=O) groups excluding carboxylic acids is 1. The third kappa shape index (κ3) is 4.10. The van der Waals surface area contributed by atoms with Crippen molar-refractivity contribution >= 4 is 11.6 Å². The summed E-state index contributed by atoms with van der Waals surface area (Å²) in [6.07, 6.45) is 0.442. The number of hydrogen-bond acceptors (Lipinski definition) is 2. The number of rotatable bonds is 5. The first kappa shape index (κ1) is 16.1. The average molecular weight is 297 g/mol. The molecule has 2 aromatic rings. The Morgan fingerprint density at radius 1 is 1.09 bits per heavy atom. The highest BCUT2D eigenvalue weighted by atomic mass is 16.5. The van der Waals surface area contributed by atoms with Crippen LogP contribution in [0, 0.1) is 13.8 Å². The molecule has 0 aliphatic heterocycles. The Kier molecular flexibility index (Phi) is 5.21. The summed E-state index contributed by atoms with van der Waals surface area (Å²) < 4.78 is 5.69. The lowest BCUT2D eigenvalue weighted by molar-refractivity contribution is -0.122. The van der Waals surface area contributed by atoms with E-state index in [0.29, 0.717) is 5.75 Å². The van der Waals surface area contributed by atoms with Gasteiger partial charge in [0.05, 0.1) is 0 Å². The van der Waals surface area contributed by atoms with Gasteiger partial charge in [0.25, 0.3) is 5.91 Å². The Hall–Kier alpha value is -2.29. The standard InChI is InChI=1S/C19H23NO2/c1-5-16-7-10-18(11-8-16)22-15(4)19(21)20-17-9-6-13(2)14(3)12-17/h6-12,15H,5H2,1-4H3,(H,20,21)/t15-/m0/s1. The van der Waals surface area contributed by atoms with E-state index in [1.165, 1.54) is 11.1 Å². The molecule has 0 aliphatic carbocycles. The molecule has 0 aromatic heterocycles. The maximum Gasteiger partial charge on any atom is 0.265 e. The van der Waals surface area contributed by atoms with E-state index in [1.54, 1.807) is 6.92 Å². The maximum atomic E-state index is 12.2. The molecule has 3 nitrogen and oxygen atoms in total. The highest BCUT2D eigenvalue weighted by Crippen LogP contribution is 2.17. The molecule has 1 N–H and O–H groups in total. The topological polar surface area (TPSA) is 38.3 Å². The zero-order valence-electron chi connectivity index (χ0n) is 13.6. The van der Waals surface area contributed by atoms with Gasteiger partial charge in [-0.05, 0) is 68.1 Å². The third-order valence-corrected chi connectivity index (χ3v) is 3.79. The van der Waals surface area contributed by atoms with Crippen LogP contribution in [0.1, 0.15) is 30.5 Å². The molecule has 1 amide bonds. The Bertz CT molecular complexity index is 647. The normalized spacial score (nSPS) is 11.8. The molecule has 0 radical (unpaired) electrons. The molecule has 22 heavy (non-hydrogen) atoms. The summed E-state index contributed by atoms with van der Waals surface area (Å²) in [7, 11) is 0. The van der Waals surface area contributed by atoms with Gasteiger partial charge >= 0.3 is 0 Å². The van der Waals surface area contributed by atoms with E-state index in [-0.39, 0.29) is 5.91 Å². The van der Waals surface area contributed by atoms with Gasteiger partial charge in [-0.3, -0.25) is 4.79 Å². The lowest BCUT2D eigenvalue weighted by Gasteiger charge is -2.15. The van der Waals surface area contributed by atoms with Crippen LogP contribution in [0.15, 0.2) is 42.5 Å². The lowest BCUT2D eigenvalue weighted by Crippen LogP contribution is -2.30. The van der Waals surface area contributed by atoms with Crippen LogP contribution in [-0.2, 0) is 11.2 Å². The summed E-state index contributed by atoms with van der Waals surface area (Å²) in [6.45, 7) is 7.94. The quantitative estimate of drug-likeness (QED) is 0.895. The molecule has 2 aromatic carbocycles. The van der Waals surface area contributed by atoms with Crippen LogP contribution in [0.25, 0.3) is 0 Å². The van der Waals surface area contributed by atoms with Crippen LogP contribution >= 0.6 is 0 Å². The number of ether oxygens (including phenoxy) is 1. The second-order valence-electron chi connectivity index (χ2n) is 5.55. The van der Waals surface area contributed by atoms with Crippen molar-refractivity contribution in [3.05, 3.63) is 59.2 Å². The molecule has 0 aliphatic rings. The number of amides is 1. The predicted octanol–water partition coefficient (Wildman–Crippen LogP) is 4.27. The molecular formula is C19H23NO2. The SMILES string of the molecule is CCc1ccc(O[C@@H](C)C(=O)Nc2ccc(C)c(C)c2)cc1. The van der Waals surface area contributed by atoms with Crippen LogP contribution in [0.3, 0.4) is 0 Å². The number of anilines is 1. The Morgan fingerprint density at radius 2 is 1.77 bits per heavy atom. The summed E-state index contributed by atoms with van der Waals surface area (Å²) in [5.41, 5.74) is 4.41. The number of hydrogen-bond donors (Lipinski definition) is 1. The molecular weight excluding hydrogens is 274 g/mol. The van der Waals surface area contributed by atoms with Crippen molar-refractivity contribution in [2.45, 2.75) is 40.2 Å². The molecule has 0 bridgehead atoms. The van der Waals surface area contributed by atoms with Crippen molar-refractivity contribution in [1.29, 1.82) is 0 Å². The molecule has 0 saturated heterocycles. The number of carbonyl (C=O) groups is 1. The fourth-order valence-electron chi connectivity index (χ4n) is 2.12. The van der Waals surface area contributed by atoms with E-state index in [9.17, 15) is 4.79 Å². The van der Waals surface area contributed by atoms with E-state index in [4.69, 9.17) is 4.74 Å². The van der Waals surface area contributed by atoms with E-state index < -0.39 is 6.10 Å². The Labute approximate surface area is 132 Å². The molecule has 0 unspecified atom stereocenters. The molecule has 2 rings (SSSR count). The van der Waals surface area contributed by atoms with Gasteiger partial charge < -0.3 is 10.1 Å². The van der Waals surface area contributed by atoms with Gasteiger partial charge in [0, 0.05) is 5.69 Å². The van der Waals surface area contributed by atoms with Crippen LogP contribution in [0.4, 0.5) is 5.69 Å². The van der Waals surface area contributed by atoms with Crippen LogP contribution in [0.5, 0.6) is 5.75 Å². The van der Waals surface area contributed by atoms with Crippen molar-refractivity contribution in [2.75, 3.05) is 5.32 Å². The van der Waals surface area contributed by atoms with E-state index in [2.05, 4.69) is 12.2 Å². The molecule has 0 saturated carbocycles. The van der Waals surface area contributed by atoms with Gasteiger partial charge in [-0.25, -0.2) is 0 Å².